The van der Waals surface area contributed by atoms with E-state index >= 15 is 0 Å². The zero-order valence-corrected chi connectivity index (χ0v) is 14.6. The Bertz CT molecular complexity index is 735. The molecule has 4 nitrogen and oxygen atoms in total. The van der Waals surface area contributed by atoms with Gasteiger partial charge in [0.1, 0.15) is 0 Å². The molecule has 1 heterocycles. The minimum atomic E-state index is -3.54. The van der Waals surface area contributed by atoms with Crippen LogP contribution in [0.3, 0.4) is 0 Å². The Labute approximate surface area is 132 Å². The first-order chi connectivity index (χ1) is 10.3. The van der Waals surface area contributed by atoms with E-state index in [0.29, 0.717) is 18.0 Å². The first kappa shape index (κ1) is 16.8. The van der Waals surface area contributed by atoms with Crippen LogP contribution in [-0.4, -0.2) is 19.3 Å². The van der Waals surface area contributed by atoms with Crippen LogP contribution in [0.15, 0.2) is 34.0 Å². The van der Waals surface area contributed by atoms with Crippen molar-refractivity contribution in [3.8, 4) is 0 Å². The third kappa shape index (κ3) is 2.96. The molecule has 0 unspecified atom stereocenters. The molecule has 0 atom stereocenters. The predicted octanol–water partition coefficient (Wildman–Crippen LogP) is 3.72. The van der Waals surface area contributed by atoms with Crippen LogP contribution in [0.4, 0.5) is 0 Å². The van der Waals surface area contributed by atoms with E-state index in [1.807, 2.05) is 40.7 Å². The van der Waals surface area contributed by atoms with Crippen LogP contribution in [0.1, 0.15) is 34.7 Å². The second kappa shape index (κ2) is 6.26. The highest BCUT2D eigenvalue weighted by molar-refractivity contribution is 7.89. The van der Waals surface area contributed by atoms with Crippen molar-refractivity contribution in [2.45, 2.75) is 46.1 Å². The highest BCUT2D eigenvalue weighted by Gasteiger charge is 2.28. The molecule has 0 bridgehead atoms. The van der Waals surface area contributed by atoms with Gasteiger partial charge in [-0.3, -0.25) is 0 Å². The summed E-state index contributed by atoms with van der Waals surface area (Å²) in [6, 6.07) is 3.83. The van der Waals surface area contributed by atoms with Crippen LogP contribution in [0.2, 0.25) is 0 Å². The van der Waals surface area contributed by atoms with Gasteiger partial charge in [-0.1, -0.05) is 13.0 Å². The summed E-state index contributed by atoms with van der Waals surface area (Å²) in [7, 11) is -3.54. The number of nitrogens with zero attached hydrogens (tertiary/aromatic N) is 1. The highest BCUT2D eigenvalue weighted by Crippen LogP contribution is 2.29. The molecule has 0 aliphatic rings. The molecular weight excluding hydrogens is 298 g/mol. The predicted molar refractivity (Wildman–Crippen MR) is 87.4 cm³/mol. The molecule has 0 spiro atoms. The summed E-state index contributed by atoms with van der Waals surface area (Å²) in [5.74, 6) is 0. The molecule has 0 aliphatic heterocycles. The molecule has 0 fully saturated rings. The maximum atomic E-state index is 13.1. The quantitative estimate of drug-likeness (QED) is 0.843. The van der Waals surface area contributed by atoms with Crippen LogP contribution in [-0.2, 0) is 16.6 Å². The summed E-state index contributed by atoms with van der Waals surface area (Å²) in [5, 5.41) is 0. The van der Waals surface area contributed by atoms with Gasteiger partial charge in [0, 0.05) is 18.7 Å². The van der Waals surface area contributed by atoms with Crippen LogP contribution in [0.5, 0.6) is 0 Å². The van der Waals surface area contributed by atoms with Crippen LogP contribution >= 0.6 is 0 Å². The van der Waals surface area contributed by atoms with E-state index in [1.54, 1.807) is 18.6 Å². The van der Waals surface area contributed by atoms with Gasteiger partial charge in [-0.15, -0.1) is 0 Å². The van der Waals surface area contributed by atoms with Crippen molar-refractivity contribution in [2.75, 3.05) is 6.54 Å². The maximum absolute atomic E-state index is 13.1. The van der Waals surface area contributed by atoms with Crippen molar-refractivity contribution in [2.24, 2.45) is 0 Å². The van der Waals surface area contributed by atoms with Gasteiger partial charge < -0.3 is 4.42 Å². The SMILES string of the molecule is CCN(Cc1ccoc1)S(=O)(=O)c1c(C)c(C)cc(C)c1C. The first-order valence-electron chi connectivity index (χ1n) is 7.37. The van der Waals surface area contributed by atoms with Gasteiger partial charge in [0.25, 0.3) is 0 Å². The fraction of sp³-hybridized carbons (Fsp3) is 0.412. The summed E-state index contributed by atoms with van der Waals surface area (Å²) >= 11 is 0. The first-order valence-corrected chi connectivity index (χ1v) is 8.81. The molecule has 0 saturated carbocycles. The summed E-state index contributed by atoms with van der Waals surface area (Å²) in [5.41, 5.74) is 4.51. The van der Waals surface area contributed by atoms with Gasteiger partial charge in [-0.25, -0.2) is 8.42 Å². The molecular formula is C17H23NO3S. The number of hydrogen-bond donors (Lipinski definition) is 0. The van der Waals surface area contributed by atoms with E-state index in [-0.39, 0.29) is 0 Å². The number of aryl methyl sites for hydroxylation is 2. The number of hydrogen-bond acceptors (Lipinski definition) is 3. The lowest BCUT2D eigenvalue weighted by molar-refractivity contribution is 0.420. The van der Waals surface area contributed by atoms with Crippen molar-refractivity contribution in [3.05, 3.63) is 52.5 Å². The van der Waals surface area contributed by atoms with E-state index in [4.69, 9.17) is 4.42 Å². The van der Waals surface area contributed by atoms with E-state index in [0.717, 1.165) is 27.8 Å². The third-order valence-corrected chi connectivity index (χ3v) is 6.38. The third-order valence-electron chi connectivity index (χ3n) is 4.19. The van der Waals surface area contributed by atoms with E-state index in [1.165, 1.54) is 4.31 Å². The Kier molecular flexibility index (Phi) is 4.78. The summed E-state index contributed by atoms with van der Waals surface area (Å²) in [6.45, 7) is 10.2. The molecule has 2 rings (SSSR count). The number of furan rings is 1. The van der Waals surface area contributed by atoms with Crippen molar-refractivity contribution >= 4 is 10.0 Å². The lowest BCUT2D eigenvalue weighted by Crippen LogP contribution is -2.31. The normalized spacial score (nSPS) is 12.1. The minimum Gasteiger partial charge on any atom is -0.472 e. The van der Waals surface area contributed by atoms with Crippen molar-refractivity contribution in [1.29, 1.82) is 0 Å². The molecule has 0 radical (unpaired) electrons. The molecule has 1 aromatic carbocycles. The Balaban J connectivity index is 2.54. The molecule has 0 N–H and O–H groups in total. The van der Waals surface area contributed by atoms with E-state index in [2.05, 4.69) is 0 Å². The lowest BCUT2D eigenvalue weighted by Gasteiger charge is -2.24. The van der Waals surface area contributed by atoms with Crippen LogP contribution < -0.4 is 0 Å². The molecule has 1 aromatic heterocycles. The maximum Gasteiger partial charge on any atom is 0.243 e. The standard InChI is InChI=1S/C17H23NO3S/c1-6-18(10-16-7-8-21-11-16)22(19,20)17-14(4)12(2)9-13(3)15(17)5/h7-9,11H,6,10H2,1-5H3. The summed E-state index contributed by atoms with van der Waals surface area (Å²) in [6.07, 6.45) is 3.14. The van der Waals surface area contributed by atoms with Crippen LogP contribution in [0, 0.1) is 27.7 Å². The fourth-order valence-corrected chi connectivity index (χ4v) is 4.66. The van der Waals surface area contributed by atoms with Crippen molar-refractivity contribution in [1.82, 2.24) is 4.31 Å². The molecule has 120 valence electrons. The molecule has 2 aromatic rings. The lowest BCUT2D eigenvalue weighted by atomic mass is 10.0. The molecule has 0 saturated heterocycles. The smallest absolute Gasteiger partial charge is 0.243 e. The van der Waals surface area contributed by atoms with Gasteiger partial charge in [0.05, 0.1) is 17.4 Å². The zero-order chi connectivity index (χ0) is 16.5. The number of sulfonamides is 1. The van der Waals surface area contributed by atoms with Gasteiger partial charge in [-0.2, -0.15) is 4.31 Å². The molecule has 0 amide bonds. The minimum absolute atomic E-state index is 0.321. The monoisotopic (exact) mass is 321 g/mol. The fourth-order valence-electron chi connectivity index (χ4n) is 2.65. The Hall–Kier alpha value is -1.59. The zero-order valence-electron chi connectivity index (χ0n) is 13.8. The van der Waals surface area contributed by atoms with Crippen LogP contribution in [0.25, 0.3) is 0 Å². The van der Waals surface area contributed by atoms with Gasteiger partial charge in [0.15, 0.2) is 0 Å². The Morgan fingerprint density at radius 3 is 2.14 bits per heavy atom. The topological polar surface area (TPSA) is 50.5 Å². The molecule has 0 aliphatic carbocycles. The van der Waals surface area contributed by atoms with Gasteiger partial charge in [0.2, 0.25) is 10.0 Å². The summed E-state index contributed by atoms with van der Waals surface area (Å²) < 4.78 is 32.8. The Morgan fingerprint density at radius 1 is 1.09 bits per heavy atom. The van der Waals surface area contributed by atoms with Gasteiger partial charge >= 0.3 is 0 Å². The van der Waals surface area contributed by atoms with Gasteiger partial charge in [-0.05, 0) is 56.0 Å². The summed E-state index contributed by atoms with van der Waals surface area (Å²) in [4.78, 5) is 0.440. The Morgan fingerprint density at radius 2 is 1.68 bits per heavy atom. The number of rotatable bonds is 5. The van der Waals surface area contributed by atoms with E-state index in [9.17, 15) is 8.42 Å². The largest absolute Gasteiger partial charge is 0.472 e. The average Bonchev–Trinajstić information content (AvgIpc) is 2.95. The second-order valence-corrected chi connectivity index (χ2v) is 7.53. The number of benzene rings is 1. The second-order valence-electron chi connectivity index (χ2n) is 5.65. The van der Waals surface area contributed by atoms with Crippen molar-refractivity contribution in [3.63, 3.8) is 0 Å². The molecule has 22 heavy (non-hydrogen) atoms. The molecule has 5 heteroatoms. The average molecular weight is 321 g/mol. The highest BCUT2D eigenvalue weighted by atomic mass is 32.2. The van der Waals surface area contributed by atoms with E-state index < -0.39 is 10.0 Å². The van der Waals surface area contributed by atoms with Crippen molar-refractivity contribution < 1.29 is 12.8 Å².